The highest BCUT2D eigenvalue weighted by Crippen LogP contribution is 2.15. The van der Waals surface area contributed by atoms with Gasteiger partial charge in [0.05, 0.1) is 4.90 Å². The number of benzene rings is 2. The van der Waals surface area contributed by atoms with Gasteiger partial charge in [0.15, 0.2) is 0 Å². The van der Waals surface area contributed by atoms with Gasteiger partial charge in [-0.15, -0.1) is 0 Å². The normalized spacial score (nSPS) is 11.3. The molecule has 2 N–H and O–H groups in total. The van der Waals surface area contributed by atoms with Crippen LogP contribution < -0.4 is 10.0 Å². The van der Waals surface area contributed by atoms with Gasteiger partial charge in [0.1, 0.15) is 5.82 Å². The van der Waals surface area contributed by atoms with Crippen molar-refractivity contribution in [2.45, 2.75) is 25.3 Å². The fraction of sp³-hybridized carbons (Fsp3) is 0.188. The van der Waals surface area contributed by atoms with E-state index in [-0.39, 0.29) is 23.2 Å². The second kappa shape index (κ2) is 6.89. The van der Waals surface area contributed by atoms with Crippen molar-refractivity contribution in [1.82, 2.24) is 4.72 Å². The first-order chi connectivity index (χ1) is 10.8. The number of rotatable bonds is 5. The number of sulfonamides is 1. The maximum atomic E-state index is 13.5. The van der Waals surface area contributed by atoms with Crippen molar-refractivity contribution in [1.29, 1.82) is 0 Å². The van der Waals surface area contributed by atoms with Crippen LogP contribution in [0.1, 0.15) is 18.1 Å². The highest BCUT2D eigenvalue weighted by Gasteiger charge is 2.14. The molecule has 23 heavy (non-hydrogen) atoms. The summed E-state index contributed by atoms with van der Waals surface area (Å²) in [6, 6.07) is 10.4. The minimum absolute atomic E-state index is 0.00696. The second-order valence-electron chi connectivity index (χ2n) is 5.11. The van der Waals surface area contributed by atoms with E-state index in [1.54, 1.807) is 19.1 Å². The molecule has 0 radical (unpaired) electrons. The SMILES string of the molecule is CC(=O)Nc1ccc(S(=O)(=O)NCc2ccc(C)c(F)c2)cc1. The molecule has 0 heterocycles. The number of anilines is 1. The van der Waals surface area contributed by atoms with Gasteiger partial charge in [-0.05, 0) is 48.4 Å². The number of hydrogen-bond acceptors (Lipinski definition) is 3. The van der Waals surface area contributed by atoms with Crippen molar-refractivity contribution in [3.63, 3.8) is 0 Å². The number of aryl methyl sites for hydroxylation is 1. The fourth-order valence-electron chi connectivity index (χ4n) is 1.93. The van der Waals surface area contributed by atoms with E-state index in [0.29, 0.717) is 16.8 Å². The van der Waals surface area contributed by atoms with Gasteiger partial charge in [0.25, 0.3) is 0 Å². The molecular weight excluding hydrogens is 319 g/mol. The van der Waals surface area contributed by atoms with Crippen LogP contribution in [0, 0.1) is 12.7 Å². The molecule has 0 aliphatic rings. The molecule has 0 aliphatic heterocycles. The molecule has 0 aromatic heterocycles. The first kappa shape index (κ1) is 17.1. The summed E-state index contributed by atoms with van der Waals surface area (Å²) < 4.78 is 40.3. The minimum atomic E-state index is -3.71. The summed E-state index contributed by atoms with van der Waals surface area (Å²) >= 11 is 0. The smallest absolute Gasteiger partial charge is 0.240 e. The molecule has 0 saturated heterocycles. The Morgan fingerprint density at radius 3 is 2.35 bits per heavy atom. The summed E-state index contributed by atoms with van der Waals surface area (Å²) in [6.07, 6.45) is 0. The van der Waals surface area contributed by atoms with E-state index in [1.807, 2.05) is 0 Å². The van der Waals surface area contributed by atoms with Gasteiger partial charge >= 0.3 is 0 Å². The third-order valence-corrected chi connectivity index (χ3v) is 4.60. The van der Waals surface area contributed by atoms with Gasteiger partial charge in [-0.3, -0.25) is 4.79 Å². The summed E-state index contributed by atoms with van der Waals surface area (Å²) in [5.74, 6) is -0.610. The average Bonchev–Trinajstić information content (AvgIpc) is 2.48. The largest absolute Gasteiger partial charge is 0.326 e. The third kappa shape index (κ3) is 4.61. The summed E-state index contributed by atoms with van der Waals surface area (Å²) in [6.45, 7) is 3.00. The van der Waals surface area contributed by atoms with Crippen molar-refractivity contribution in [3.8, 4) is 0 Å². The van der Waals surface area contributed by atoms with E-state index in [2.05, 4.69) is 10.0 Å². The Balaban J connectivity index is 2.09. The lowest BCUT2D eigenvalue weighted by Crippen LogP contribution is -2.23. The molecule has 7 heteroatoms. The van der Waals surface area contributed by atoms with Crippen LogP contribution in [0.3, 0.4) is 0 Å². The van der Waals surface area contributed by atoms with Crippen molar-refractivity contribution in [3.05, 3.63) is 59.4 Å². The quantitative estimate of drug-likeness (QED) is 0.881. The molecule has 0 fully saturated rings. The Labute approximate surface area is 134 Å². The molecule has 0 bridgehead atoms. The number of hydrogen-bond donors (Lipinski definition) is 2. The first-order valence-electron chi connectivity index (χ1n) is 6.90. The summed E-state index contributed by atoms with van der Waals surface area (Å²) in [7, 11) is -3.71. The third-order valence-electron chi connectivity index (χ3n) is 3.19. The molecule has 2 rings (SSSR count). The Bertz CT molecular complexity index is 818. The summed E-state index contributed by atoms with van der Waals surface area (Å²) in [5, 5.41) is 2.56. The first-order valence-corrected chi connectivity index (χ1v) is 8.38. The lowest BCUT2D eigenvalue weighted by molar-refractivity contribution is -0.114. The second-order valence-corrected chi connectivity index (χ2v) is 6.88. The number of amides is 1. The van der Waals surface area contributed by atoms with Gasteiger partial charge in [0.2, 0.25) is 15.9 Å². The molecule has 0 spiro atoms. The zero-order chi connectivity index (χ0) is 17.0. The van der Waals surface area contributed by atoms with Crippen LogP contribution in [0.25, 0.3) is 0 Å². The van der Waals surface area contributed by atoms with Crippen molar-refractivity contribution in [2.24, 2.45) is 0 Å². The zero-order valence-electron chi connectivity index (χ0n) is 12.8. The van der Waals surface area contributed by atoms with Gasteiger partial charge in [-0.25, -0.2) is 17.5 Å². The Hall–Kier alpha value is -2.25. The predicted octanol–water partition coefficient (Wildman–Crippen LogP) is 2.57. The van der Waals surface area contributed by atoms with Crippen molar-refractivity contribution >= 4 is 21.6 Å². The molecule has 5 nitrogen and oxygen atoms in total. The van der Waals surface area contributed by atoms with Crippen LogP contribution in [-0.4, -0.2) is 14.3 Å². The van der Waals surface area contributed by atoms with E-state index in [4.69, 9.17) is 0 Å². The maximum absolute atomic E-state index is 13.5. The Morgan fingerprint density at radius 1 is 1.13 bits per heavy atom. The van der Waals surface area contributed by atoms with Gasteiger partial charge in [0, 0.05) is 19.2 Å². The van der Waals surface area contributed by atoms with Gasteiger partial charge in [-0.2, -0.15) is 0 Å². The van der Waals surface area contributed by atoms with E-state index < -0.39 is 10.0 Å². The summed E-state index contributed by atoms with van der Waals surface area (Å²) in [4.78, 5) is 11.0. The summed E-state index contributed by atoms with van der Waals surface area (Å²) in [5.41, 5.74) is 1.55. The number of nitrogens with one attached hydrogen (secondary N) is 2. The molecule has 2 aromatic rings. The standard InChI is InChI=1S/C16H17FN2O3S/c1-11-3-4-13(9-16(11)17)10-18-23(21,22)15-7-5-14(6-8-15)19-12(2)20/h3-9,18H,10H2,1-2H3,(H,19,20). The van der Waals surface area contributed by atoms with Crippen LogP contribution >= 0.6 is 0 Å². The van der Waals surface area contributed by atoms with E-state index in [1.165, 1.54) is 37.3 Å². The van der Waals surface area contributed by atoms with Crippen LogP contribution in [0.15, 0.2) is 47.4 Å². The van der Waals surface area contributed by atoms with Crippen molar-refractivity contribution < 1.29 is 17.6 Å². The topological polar surface area (TPSA) is 75.3 Å². The van der Waals surface area contributed by atoms with Crippen LogP contribution in [0.5, 0.6) is 0 Å². The Kier molecular flexibility index (Phi) is 5.12. The van der Waals surface area contributed by atoms with E-state index in [0.717, 1.165) is 0 Å². The molecule has 1 amide bonds. The van der Waals surface area contributed by atoms with E-state index in [9.17, 15) is 17.6 Å². The number of halogens is 1. The highest BCUT2D eigenvalue weighted by atomic mass is 32.2. The Morgan fingerprint density at radius 2 is 1.78 bits per heavy atom. The molecule has 0 unspecified atom stereocenters. The zero-order valence-corrected chi connectivity index (χ0v) is 13.6. The van der Waals surface area contributed by atoms with Gasteiger partial charge in [-0.1, -0.05) is 12.1 Å². The minimum Gasteiger partial charge on any atom is -0.326 e. The highest BCUT2D eigenvalue weighted by molar-refractivity contribution is 7.89. The van der Waals surface area contributed by atoms with Gasteiger partial charge < -0.3 is 5.32 Å². The maximum Gasteiger partial charge on any atom is 0.240 e. The molecule has 122 valence electrons. The lowest BCUT2D eigenvalue weighted by Gasteiger charge is -2.09. The molecule has 0 saturated carbocycles. The fourth-order valence-corrected chi connectivity index (χ4v) is 2.95. The monoisotopic (exact) mass is 336 g/mol. The molecule has 2 aromatic carbocycles. The molecular formula is C16H17FN2O3S. The van der Waals surface area contributed by atoms with E-state index >= 15 is 0 Å². The number of carbonyl (C=O) groups excluding carboxylic acids is 1. The van der Waals surface area contributed by atoms with Crippen LogP contribution in [0.4, 0.5) is 10.1 Å². The number of carbonyl (C=O) groups is 1. The average molecular weight is 336 g/mol. The van der Waals surface area contributed by atoms with Crippen molar-refractivity contribution in [2.75, 3.05) is 5.32 Å². The van der Waals surface area contributed by atoms with Crippen LogP contribution in [-0.2, 0) is 21.4 Å². The van der Waals surface area contributed by atoms with Crippen LogP contribution in [0.2, 0.25) is 0 Å². The predicted molar refractivity (Wildman–Crippen MR) is 85.9 cm³/mol. The molecule has 0 aliphatic carbocycles. The lowest BCUT2D eigenvalue weighted by atomic mass is 10.1. The molecule has 0 atom stereocenters.